The minimum absolute atomic E-state index is 0. The van der Waals surface area contributed by atoms with Gasteiger partial charge in [-0.25, -0.2) is 5.43 Å². The van der Waals surface area contributed by atoms with Crippen LogP contribution in [0.4, 0.5) is 5.69 Å². The van der Waals surface area contributed by atoms with E-state index in [0.29, 0.717) is 5.02 Å². The van der Waals surface area contributed by atoms with Gasteiger partial charge in [0.2, 0.25) is 0 Å². The van der Waals surface area contributed by atoms with Crippen LogP contribution >= 0.6 is 36.4 Å². The molecule has 1 atom stereocenters. The molecule has 2 aromatic rings. The zero-order valence-electron chi connectivity index (χ0n) is 10.3. The molecule has 0 aliphatic carbocycles. The highest BCUT2D eigenvalue weighted by Crippen LogP contribution is 2.15. The van der Waals surface area contributed by atoms with Gasteiger partial charge in [-0.1, -0.05) is 23.7 Å². The molecule has 1 unspecified atom stereocenters. The van der Waals surface area contributed by atoms with Crippen LogP contribution in [-0.4, -0.2) is 4.98 Å². The number of nitrogens with one attached hydrogen (secondary N) is 2. The summed E-state index contributed by atoms with van der Waals surface area (Å²) in [5, 5.41) is 0.714. The minimum Gasteiger partial charge on any atom is -0.321 e. The fourth-order valence-corrected chi connectivity index (χ4v) is 1.66. The average molecular weight is 321 g/mol. The van der Waals surface area contributed by atoms with E-state index in [1.165, 1.54) is 0 Å². The fraction of sp³-hybridized carbons (Fsp3) is 0.154. The van der Waals surface area contributed by atoms with E-state index < -0.39 is 0 Å². The Morgan fingerprint density at radius 2 is 1.95 bits per heavy atom. The maximum atomic E-state index is 5.90. The summed E-state index contributed by atoms with van der Waals surface area (Å²) in [5.74, 6) is 0. The van der Waals surface area contributed by atoms with Crippen molar-refractivity contribution < 1.29 is 0 Å². The Morgan fingerprint density at radius 3 is 2.58 bits per heavy atom. The number of nitrogens with zero attached hydrogens (tertiary/aromatic N) is 1. The highest BCUT2D eigenvalue weighted by atomic mass is 35.5. The van der Waals surface area contributed by atoms with E-state index in [9.17, 15) is 0 Å². The van der Waals surface area contributed by atoms with Crippen LogP contribution < -0.4 is 10.9 Å². The Kier molecular flexibility index (Phi) is 8.52. The number of halogens is 3. The minimum atomic E-state index is 0. The van der Waals surface area contributed by atoms with Crippen LogP contribution in [0, 0.1) is 0 Å². The van der Waals surface area contributed by atoms with Crippen LogP contribution in [0.15, 0.2) is 48.8 Å². The molecule has 3 nitrogen and oxygen atoms in total. The Labute approximate surface area is 130 Å². The zero-order valence-corrected chi connectivity index (χ0v) is 12.7. The first kappa shape index (κ1) is 18.0. The molecule has 1 aromatic heterocycles. The third-order valence-electron chi connectivity index (χ3n) is 2.44. The van der Waals surface area contributed by atoms with Crippen LogP contribution in [0.25, 0.3) is 0 Å². The van der Waals surface area contributed by atoms with Gasteiger partial charge in [0.05, 0.1) is 5.69 Å². The molecule has 0 spiro atoms. The molecule has 104 valence electrons. The third-order valence-corrected chi connectivity index (χ3v) is 2.68. The van der Waals surface area contributed by atoms with Crippen LogP contribution in [-0.2, 0) is 0 Å². The number of pyridine rings is 1. The predicted molar refractivity (Wildman–Crippen MR) is 85.4 cm³/mol. The van der Waals surface area contributed by atoms with E-state index in [0.717, 1.165) is 11.3 Å². The van der Waals surface area contributed by atoms with E-state index in [1.807, 2.05) is 42.6 Å². The summed E-state index contributed by atoms with van der Waals surface area (Å²) >= 11 is 5.90. The molecular weight excluding hydrogens is 305 g/mol. The quantitative estimate of drug-likeness (QED) is 0.827. The van der Waals surface area contributed by atoms with Gasteiger partial charge in [-0.2, -0.15) is 0 Å². The van der Waals surface area contributed by atoms with Gasteiger partial charge in [0, 0.05) is 23.5 Å². The number of aromatic nitrogens is 1. The molecule has 0 bridgehead atoms. The molecule has 1 aromatic carbocycles. The summed E-state index contributed by atoms with van der Waals surface area (Å²) in [5.41, 5.74) is 8.38. The topological polar surface area (TPSA) is 37.0 Å². The number of hydrazine groups is 1. The number of benzene rings is 1. The second kappa shape index (κ2) is 8.99. The normalized spacial score (nSPS) is 10.8. The second-order valence-electron chi connectivity index (χ2n) is 3.79. The first-order chi connectivity index (χ1) is 8.25. The van der Waals surface area contributed by atoms with Crippen molar-refractivity contribution in [3.8, 4) is 0 Å². The lowest BCUT2D eigenvalue weighted by Crippen LogP contribution is -2.25. The van der Waals surface area contributed by atoms with Crippen LogP contribution in [0.3, 0.4) is 0 Å². The summed E-state index contributed by atoms with van der Waals surface area (Å²) in [6, 6.07) is 11.7. The first-order valence-electron chi connectivity index (χ1n) is 5.43. The number of anilines is 1. The maximum absolute atomic E-state index is 5.90. The summed E-state index contributed by atoms with van der Waals surface area (Å²) in [6.07, 6.45) is 3.61. The zero-order chi connectivity index (χ0) is 12.1. The van der Waals surface area contributed by atoms with Crippen molar-refractivity contribution in [1.82, 2.24) is 10.4 Å². The Bertz CT molecular complexity index is 480. The lowest BCUT2D eigenvalue weighted by Gasteiger charge is -2.15. The molecule has 0 saturated carbocycles. The van der Waals surface area contributed by atoms with E-state index in [2.05, 4.69) is 22.8 Å². The fourth-order valence-electron chi connectivity index (χ4n) is 1.47. The monoisotopic (exact) mass is 319 g/mol. The van der Waals surface area contributed by atoms with Gasteiger partial charge < -0.3 is 5.43 Å². The standard InChI is InChI=1S/C13H14ClN3.2ClH/c1-10(11-4-3-7-15-9-11)16-17-13-6-2-5-12(14)8-13;;/h2-10,16-17H,1H3;2*1H. The Hall–Kier alpha value is -1.00. The van der Waals surface area contributed by atoms with Crippen molar-refractivity contribution in [3.05, 3.63) is 59.4 Å². The van der Waals surface area contributed by atoms with Crippen molar-refractivity contribution in [2.24, 2.45) is 0 Å². The van der Waals surface area contributed by atoms with Gasteiger partial charge in [0.15, 0.2) is 0 Å². The molecule has 0 fully saturated rings. The van der Waals surface area contributed by atoms with Crippen molar-refractivity contribution >= 4 is 42.1 Å². The summed E-state index contributed by atoms with van der Waals surface area (Å²) in [6.45, 7) is 2.06. The van der Waals surface area contributed by atoms with E-state index in [1.54, 1.807) is 6.20 Å². The lowest BCUT2D eigenvalue weighted by atomic mass is 10.1. The average Bonchev–Trinajstić information content (AvgIpc) is 2.37. The van der Waals surface area contributed by atoms with Gasteiger partial charge >= 0.3 is 0 Å². The summed E-state index contributed by atoms with van der Waals surface area (Å²) in [4.78, 5) is 4.09. The van der Waals surface area contributed by atoms with E-state index >= 15 is 0 Å². The predicted octanol–water partition coefficient (Wildman–Crippen LogP) is 4.26. The lowest BCUT2D eigenvalue weighted by molar-refractivity contribution is 0.641. The SMILES string of the molecule is CC(NNc1cccc(Cl)c1)c1cccnc1.Cl.Cl. The maximum Gasteiger partial charge on any atom is 0.0502 e. The Balaban J connectivity index is 0.00000162. The smallest absolute Gasteiger partial charge is 0.0502 e. The first-order valence-corrected chi connectivity index (χ1v) is 5.80. The highest BCUT2D eigenvalue weighted by Gasteiger charge is 2.03. The van der Waals surface area contributed by atoms with Crippen LogP contribution in [0.1, 0.15) is 18.5 Å². The van der Waals surface area contributed by atoms with E-state index in [4.69, 9.17) is 11.6 Å². The van der Waals surface area contributed by atoms with Crippen molar-refractivity contribution in [1.29, 1.82) is 0 Å². The molecular formula is C13H16Cl3N3. The molecule has 0 aliphatic rings. The number of hydrogen-bond acceptors (Lipinski definition) is 3. The summed E-state index contributed by atoms with van der Waals surface area (Å²) in [7, 11) is 0. The van der Waals surface area contributed by atoms with Crippen molar-refractivity contribution in [2.45, 2.75) is 13.0 Å². The second-order valence-corrected chi connectivity index (χ2v) is 4.22. The number of hydrogen-bond donors (Lipinski definition) is 2. The molecule has 0 aliphatic heterocycles. The molecule has 0 saturated heterocycles. The Morgan fingerprint density at radius 1 is 1.16 bits per heavy atom. The molecule has 0 radical (unpaired) electrons. The molecule has 19 heavy (non-hydrogen) atoms. The van der Waals surface area contributed by atoms with Crippen molar-refractivity contribution in [3.63, 3.8) is 0 Å². The molecule has 2 rings (SSSR count). The van der Waals surface area contributed by atoms with Gasteiger partial charge in [-0.15, -0.1) is 24.8 Å². The van der Waals surface area contributed by atoms with Gasteiger partial charge in [0.25, 0.3) is 0 Å². The van der Waals surface area contributed by atoms with Crippen LogP contribution in [0.5, 0.6) is 0 Å². The summed E-state index contributed by atoms with van der Waals surface area (Å²) < 4.78 is 0. The van der Waals surface area contributed by atoms with E-state index in [-0.39, 0.29) is 30.9 Å². The number of rotatable bonds is 4. The molecule has 2 N–H and O–H groups in total. The molecule has 6 heteroatoms. The highest BCUT2D eigenvalue weighted by molar-refractivity contribution is 6.30. The van der Waals surface area contributed by atoms with Gasteiger partial charge in [0.1, 0.15) is 0 Å². The third kappa shape index (κ3) is 5.66. The van der Waals surface area contributed by atoms with Gasteiger partial charge in [-0.3, -0.25) is 4.98 Å². The largest absolute Gasteiger partial charge is 0.321 e. The molecule has 0 amide bonds. The van der Waals surface area contributed by atoms with Gasteiger partial charge in [-0.05, 0) is 36.8 Å². The van der Waals surface area contributed by atoms with Crippen LogP contribution in [0.2, 0.25) is 5.02 Å². The molecule has 1 heterocycles. The van der Waals surface area contributed by atoms with Crippen molar-refractivity contribution in [2.75, 3.05) is 5.43 Å².